The summed E-state index contributed by atoms with van der Waals surface area (Å²) in [5, 5.41) is 19.6. The van der Waals surface area contributed by atoms with Crippen LogP contribution >= 0.6 is 0 Å². The number of aromatic nitrogens is 1. The van der Waals surface area contributed by atoms with Crippen molar-refractivity contribution in [3.8, 4) is 27.9 Å². The average Bonchev–Trinajstić information content (AvgIpc) is 3.96. The van der Waals surface area contributed by atoms with Crippen LogP contribution in [0.15, 0.2) is 218 Å². The summed E-state index contributed by atoms with van der Waals surface area (Å²) >= 11 is 0. The van der Waals surface area contributed by atoms with Crippen LogP contribution in [0.1, 0.15) is 57.4 Å². The fraction of sp³-hybridized carbons (Fsp3) is 0.0667. The summed E-state index contributed by atoms with van der Waals surface area (Å²) in [4.78, 5) is 0. The molecule has 1 spiro atoms. The van der Waals surface area contributed by atoms with Crippen molar-refractivity contribution in [2.75, 3.05) is 0 Å². The van der Waals surface area contributed by atoms with Crippen LogP contribution in [0.5, 0.6) is 0 Å². The van der Waals surface area contributed by atoms with E-state index in [2.05, 4.69) is 239 Å². The molecule has 2 aliphatic carbocycles. The molecule has 3 atom stereocenters. The van der Waals surface area contributed by atoms with E-state index in [1.807, 2.05) is 0 Å². The first kappa shape index (κ1) is 35.9. The third-order valence-corrected chi connectivity index (χ3v) is 14.5. The molecular formula is C60H42N4. The Bertz CT molecular complexity index is 3630. The van der Waals surface area contributed by atoms with E-state index in [0.717, 1.165) is 0 Å². The van der Waals surface area contributed by atoms with E-state index in [1.165, 1.54) is 110 Å². The van der Waals surface area contributed by atoms with E-state index >= 15 is 0 Å². The Morgan fingerprint density at radius 3 is 1.61 bits per heavy atom. The third kappa shape index (κ3) is 4.99. The summed E-state index contributed by atoms with van der Waals surface area (Å²) in [5.74, 6) is 0. The molecule has 0 bridgehead atoms. The van der Waals surface area contributed by atoms with Crippen LogP contribution in [0.25, 0.3) is 71.3 Å². The molecule has 10 aromatic carbocycles. The predicted octanol–water partition coefficient (Wildman–Crippen LogP) is 13.6. The minimum absolute atomic E-state index is 0.117. The van der Waals surface area contributed by atoms with E-state index in [-0.39, 0.29) is 18.5 Å². The lowest BCUT2D eigenvalue weighted by molar-refractivity contribution is 0.204. The summed E-state index contributed by atoms with van der Waals surface area (Å²) < 4.78 is 2.47. The first-order chi connectivity index (χ1) is 31.7. The Labute approximate surface area is 371 Å². The molecule has 1 aromatic heterocycles. The highest BCUT2D eigenvalue weighted by molar-refractivity contribution is 6.14. The van der Waals surface area contributed by atoms with Gasteiger partial charge in [0, 0.05) is 16.2 Å². The summed E-state index contributed by atoms with van der Waals surface area (Å²) in [5.41, 5.74) is 17.4. The molecule has 1 saturated heterocycles. The monoisotopic (exact) mass is 818 g/mol. The van der Waals surface area contributed by atoms with Crippen molar-refractivity contribution in [3.05, 3.63) is 257 Å². The van der Waals surface area contributed by atoms with Gasteiger partial charge >= 0.3 is 0 Å². The Kier molecular flexibility index (Phi) is 7.69. The Morgan fingerprint density at radius 1 is 0.328 bits per heavy atom. The second-order valence-corrected chi connectivity index (χ2v) is 17.7. The fourth-order valence-electron chi connectivity index (χ4n) is 11.8. The minimum atomic E-state index is -0.411. The molecule has 3 N–H and O–H groups in total. The molecular weight excluding hydrogens is 777 g/mol. The van der Waals surface area contributed by atoms with Gasteiger partial charge in [-0.25, -0.2) is 0 Å². The van der Waals surface area contributed by atoms with Gasteiger partial charge in [0.2, 0.25) is 0 Å². The zero-order valence-corrected chi connectivity index (χ0v) is 35.0. The lowest BCUT2D eigenvalue weighted by atomic mass is 9.70. The molecule has 4 heteroatoms. The molecule has 0 amide bonds. The molecule has 1 aliphatic heterocycles. The van der Waals surface area contributed by atoms with E-state index in [1.54, 1.807) is 0 Å². The molecule has 11 aromatic rings. The lowest BCUT2D eigenvalue weighted by Gasteiger charge is -2.40. The second kappa shape index (κ2) is 13.7. The first-order valence-corrected chi connectivity index (χ1v) is 22.4. The van der Waals surface area contributed by atoms with Crippen molar-refractivity contribution in [1.29, 1.82) is 0 Å². The van der Waals surface area contributed by atoms with Crippen molar-refractivity contribution in [2.45, 2.75) is 23.9 Å². The quantitative estimate of drug-likeness (QED) is 0.166. The van der Waals surface area contributed by atoms with Gasteiger partial charge < -0.3 is 4.57 Å². The maximum absolute atomic E-state index is 4.11. The Morgan fingerprint density at radius 2 is 0.875 bits per heavy atom. The zero-order valence-electron chi connectivity index (χ0n) is 35.0. The molecule has 14 rings (SSSR count). The second-order valence-electron chi connectivity index (χ2n) is 17.7. The maximum atomic E-state index is 4.11. The van der Waals surface area contributed by atoms with Gasteiger partial charge in [0.05, 0.1) is 40.6 Å². The number of para-hydroxylation sites is 1. The van der Waals surface area contributed by atoms with Crippen LogP contribution in [0.4, 0.5) is 0 Å². The highest BCUT2D eigenvalue weighted by Crippen LogP contribution is 2.63. The predicted molar refractivity (Wildman–Crippen MR) is 263 cm³/mol. The number of hydrogen-bond acceptors (Lipinski definition) is 3. The van der Waals surface area contributed by atoms with E-state index in [0.29, 0.717) is 0 Å². The number of fused-ring (bicyclic) bond motifs is 15. The van der Waals surface area contributed by atoms with Crippen molar-refractivity contribution < 1.29 is 0 Å². The van der Waals surface area contributed by atoms with Crippen LogP contribution in [0.2, 0.25) is 0 Å². The van der Waals surface area contributed by atoms with Crippen LogP contribution in [-0.2, 0) is 5.41 Å². The summed E-state index contributed by atoms with van der Waals surface area (Å²) in [7, 11) is 0. The van der Waals surface area contributed by atoms with Gasteiger partial charge in [-0.05, 0) is 102 Å². The molecule has 302 valence electrons. The van der Waals surface area contributed by atoms with Crippen LogP contribution in [0.3, 0.4) is 0 Å². The van der Waals surface area contributed by atoms with Gasteiger partial charge in [-0.15, -0.1) is 0 Å². The summed E-state index contributed by atoms with van der Waals surface area (Å²) in [6.45, 7) is 0. The highest BCUT2D eigenvalue weighted by Gasteiger charge is 2.51. The van der Waals surface area contributed by atoms with Crippen LogP contribution in [0, 0.1) is 0 Å². The molecule has 4 nitrogen and oxygen atoms in total. The summed E-state index contributed by atoms with van der Waals surface area (Å²) in [6, 6.07) is 81.0. The number of rotatable bonds is 4. The van der Waals surface area contributed by atoms with E-state index in [9.17, 15) is 0 Å². The third-order valence-electron chi connectivity index (χ3n) is 14.5. The van der Waals surface area contributed by atoms with E-state index in [4.69, 9.17) is 0 Å². The van der Waals surface area contributed by atoms with Gasteiger partial charge in [0.15, 0.2) is 0 Å². The molecule has 0 radical (unpaired) electrons. The zero-order chi connectivity index (χ0) is 41.9. The van der Waals surface area contributed by atoms with Gasteiger partial charge in [0.1, 0.15) is 0 Å². The first-order valence-electron chi connectivity index (χ1n) is 22.4. The molecule has 3 unspecified atom stereocenters. The topological polar surface area (TPSA) is 41.0 Å². The standard InChI is InChI=1S/C60H42N4/c1-2-16-37(17-3-1)57-61-58(40-32-33-45-44-22-8-12-29-52(44)60(53(45)35-40)50-27-10-6-20-42(50)43-21-7-11-28-51(43)60)63-59(62-57)48-26-14-25-46-41(48)24-15-31-55(46)64-54-30-13-9-23-47(54)49-34-38-18-4-5-19-39(38)36-56(49)64/h1-36,57-59,61-63H. The van der Waals surface area contributed by atoms with Crippen molar-refractivity contribution in [2.24, 2.45) is 0 Å². The average molecular weight is 819 g/mol. The Balaban J connectivity index is 0.932. The minimum Gasteiger partial charge on any atom is -0.309 e. The van der Waals surface area contributed by atoms with Crippen molar-refractivity contribution in [1.82, 2.24) is 20.5 Å². The van der Waals surface area contributed by atoms with Crippen LogP contribution < -0.4 is 16.0 Å². The normalized spacial score (nSPS) is 18.1. The fourth-order valence-corrected chi connectivity index (χ4v) is 11.8. The molecule has 0 saturated carbocycles. The number of nitrogens with one attached hydrogen (secondary N) is 3. The van der Waals surface area contributed by atoms with Gasteiger partial charge in [0.25, 0.3) is 0 Å². The highest BCUT2D eigenvalue weighted by atomic mass is 15.4. The number of benzene rings is 10. The smallest absolute Gasteiger partial charge is 0.0870 e. The maximum Gasteiger partial charge on any atom is 0.0870 e. The SMILES string of the molecule is c1ccc(C2NC(c3ccc4c(c3)C3(c5ccccc5-c5ccccc53)c3ccccc3-4)NC(c3cccc4c(-n5c6ccccc6c6cc7ccccc7cc65)cccc34)N2)cc1. The molecule has 64 heavy (non-hydrogen) atoms. The summed E-state index contributed by atoms with van der Waals surface area (Å²) in [6.07, 6.45) is -0.461. The van der Waals surface area contributed by atoms with Crippen LogP contribution in [-0.4, -0.2) is 4.57 Å². The lowest BCUT2D eigenvalue weighted by Crippen LogP contribution is -2.54. The van der Waals surface area contributed by atoms with E-state index < -0.39 is 5.41 Å². The van der Waals surface area contributed by atoms with Gasteiger partial charge in [-0.1, -0.05) is 194 Å². The molecule has 2 heterocycles. The number of nitrogens with zero attached hydrogens (tertiary/aromatic N) is 1. The number of hydrogen-bond donors (Lipinski definition) is 3. The Hall–Kier alpha value is -7.60. The largest absolute Gasteiger partial charge is 0.309 e. The van der Waals surface area contributed by atoms with Gasteiger partial charge in [-0.2, -0.15) is 0 Å². The molecule has 1 fully saturated rings. The van der Waals surface area contributed by atoms with Crippen molar-refractivity contribution in [3.63, 3.8) is 0 Å². The molecule has 3 aliphatic rings. The van der Waals surface area contributed by atoms with Gasteiger partial charge in [-0.3, -0.25) is 16.0 Å². The van der Waals surface area contributed by atoms with Crippen molar-refractivity contribution >= 4 is 43.4 Å².